The third-order valence-corrected chi connectivity index (χ3v) is 2.30. The first-order valence-electron chi connectivity index (χ1n) is 5.61. The van der Waals surface area contributed by atoms with Crippen molar-refractivity contribution < 1.29 is 9.47 Å². The van der Waals surface area contributed by atoms with Gasteiger partial charge >= 0.3 is 0 Å². The number of nitrogens with one attached hydrogen (secondary N) is 1. The van der Waals surface area contributed by atoms with Crippen LogP contribution in [0.3, 0.4) is 0 Å². The van der Waals surface area contributed by atoms with E-state index in [0.717, 1.165) is 17.9 Å². The van der Waals surface area contributed by atoms with Gasteiger partial charge in [0.15, 0.2) is 0 Å². The molecule has 3 heteroatoms. The van der Waals surface area contributed by atoms with Crippen molar-refractivity contribution in [3.63, 3.8) is 0 Å². The first-order valence-corrected chi connectivity index (χ1v) is 5.61. The number of likely N-dealkylation sites (N-methyl/N-ethyl adjacent to an activating group) is 1. The summed E-state index contributed by atoms with van der Waals surface area (Å²) in [5.74, 6) is 0.901. The Hall–Kier alpha value is -1.06. The molecule has 16 heavy (non-hydrogen) atoms. The highest BCUT2D eigenvalue weighted by atomic mass is 16.5. The Morgan fingerprint density at radius 1 is 1.19 bits per heavy atom. The van der Waals surface area contributed by atoms with Crippen molar-refractivity contribution in [2.75, 3.05) is 20.7 Å². The average molecular weight is 223 g/mol. The summed E-state index contributed by atoms with van der Waals surface area (Å²) >= 11 is 0. The van der Waals surface area contributed by atoms with Crippen LogP contribution in [0.15, 0.2) is 24.3 Å². The summed E-state index contributed by atoms with van der Waals surface area (Å²) in [5.41, 5.74) is 1.16. The van der Waals surface area contributed by atoms with Gasteiger partial charge in [-0.2, -0.15) is 0 Å². The van der Waals surface area contributed by atoms with Crippen LogP contribution < -0.4 is 10.1 Å². The van der Waals surface area contributed by atoms with Crippen LogP contribution >= 0.6 is 0 Å². The molecule has 0 fully saturated rings. The summed E-state index contributed by atoms with van der Waals surface area (Å²) < 4.78 is 11.0. The first kappa shape index (κ1) is 13.0. The zero-order chi connectivity index (χ0) is 12.0. The molecule has 0 aliphatic heterocycles. The lowest BCUT2D eigenvalue weighted by atomic mass is 10.1. The van der Waals surface area contributed by atoms with Gasteiger partial charge in [0.2, 0.25) is 0 Å². The van der Waals surface area contributed by atoms with E-state index in [1.807, 2.05) is 45.2 Å². The maximum absolute atomic E-state index is 5.59. The SMILES string of the molecule is CNCC(OC)c1ccc(OC(C)C)cc1. The molecule has 0 aliphatic rings. The molecule has 0 heterocycles. The third kappa shape index (κ3) is 3.83. The van der Waals surface area contributed by atoms with E-state index in [1.54, 1.807) is 7.11 Å². The van der Waals surface area contributed by atoms with Crippen molar-refractivity contribution in [2.45, 2.75) is 26.1 Å². The molecule has 0 saturated carbocycles. The quantitative estimate of drug-likeness (QED) is 0.803. The number of rotatable bonds is 6. The number of hydrogen-bond donors (Lipinski definition) is 1. The predicted octanol–water partition coefficient (Wildman–Crippen LogP) is 2.38. The van der Waals surface area contributed by atoms with E-state index in [-0.39, 0.29) is 12.2 Å². The van der Waals surface area contributed by atoms with Crippen LogP contribution in [0.2, 0.25) is 0 Å². The summed E-state index contributed by atoms with van der Waals surface area (Å²) in [6.07, 6.45) is 0.305. The fourth-order valence-electron chi connectivity index (χ4n) is 1.56. The van der Waals surface area contributed by atoms with Crippen molar-refractivity contribution >= 4 is 0 Å². The van der Waals surface area contributed by atoms with Gasteiger partial charge in [0.1, 0.15) is 5.75 Å². The minimum absolute atomic E-state index is 0.0955. The number of methoxy groups -OCH3 is 1. The number of benzene rings is 1. The van der Waals surface area contributed by atoms with Gasteiger partial charge in [0.25, 0.3) is 0 Å². The molecule has 0 amide bonds. The van der Waals surface area contributed by atoms with E-state index < -0.39 is 0 Å². The molecule has 90 valence electrons. The van der Waals surface area contributed by atoms with Gasteiger partial charge in [-0.1, -0.05) is 12.1 Å². The van der Waals surface area contributed by atoms with Crippen LogP contribution in [0.5, 0.6) is 5.75 Å². The third-order valence-electron chi connectivity index (χ3n) is 2.30. The molecule has 0 saturated heterocycles. The second-order valence-electron chi connectivity index (χ2n) is 4.02. The van der Waals surface area contributed by atoms with Crippen LogP contribution in [-0.4, -0.2) is 26.8 Å². The summed E-state index contributed by atoms with van der Waals surface area (Å²) in [6, 6.07) is 8.06. The van der Waals surface area contributed by atoms with Gasteiger partial charge in [-0.15, -0.1) is 0 Å². The fourth-order valence-corrected chi connectivity index (χ4v) is 1.56. The molecule has 1 unspecified atom stereocenters. The summed E-state index contributed by atoms with van der Waals surface area (Å²) in [4.78, 5) is 0. The summed E-state index contributed by atoms with van der Waals surface area (Å²) in [6.45, 7) is 4.85. The zero-order valence-corrected chi connectivity index (χ0v) is 10.5. The van der Waals surface area contributed by atoms with E-state index in [1.165, 1.54) is 0 Å². The lowest BCUT2D eigenvalue weighted by molar-refractivity contribution is 0.104. The number of hydrogen-bond acceptors (Lipinski definition) is 3. The normalized spacial score (nSPS) is 12.8. The second-order valence-corrected chi connectivity index (χ2v) is 4.02. The van der Waals surface area contributed by atoms with E-state index in [9.17, 15) is 0 Å². The van der Waals surface area contributed by atoms with Crippen molar-refractivity contribution in [1.82, 2.24) is 5.32 Å². The molecule has 0 aromatic heterocycles. The van der Waals surface area contributed by atoms with Crippen LogP contribution in [0, 0.1) is 0 Å². The molecule has 3 nitrogen and oxygen atoms in total. The molecular weight excluding hydrogens is 202 g/mol. The maximum Gasteiger partial charge on any atom is 0.119 e. The molecule has 0 aliphatic carbocycles. The van der Waals surface area contributed by atoms with E-state index in [2.05, 4.69) is 5.32 Å². The van der Waals surface area contributed by atoms with Gasteiger partial charge in [0, 0.05) is 13.7 Å². The molecule has 1 atom stereocenters. The molecule has 0 radical (unpaired) electrons. The minimum atomic E-state index is 0.0955. The monoisotopic (exact) mass is 223 g/mol. The Bertz CT molecular complexity index is 295. The lowest BCUT2D eigenvalue weighted by Crippen LogP contribution is -2.18. The van der Waals surface area contributed by atoms with Crippen molar-refractivity contribution in [2.24, 2.45) is 0 Å². The zero-order valence-electron chi connectivity index (χ0n) is 10.5. The second kappa shape index (κ2) is 6.51. The summed E-state index contributed by atoms with van der Waals surface area (Å²) in [5, 5.41) is 3.11. The van der Waals surface area contributed by atoms with Crippen LogP contribution in [0.1, 0.15) is 25.5 Å². The Morgan fingerprint density at radius 3 is 2.25 bits per heavy atom. The standard InChI is InChI=1S/C13H21NO2/c1-10(2)16-12-7-5-11(6-8-12)13(15-4)9-14-3/h5-8,10,13-14H,9H2,1-4H3. The highest BCUT2D eigenvalue weighted by Gasteiger charge is 2.09. The highest BCUT2D eigenvalue weighted by molar-refractivity contribution is 5.29. The van der Waals surface area contributed by atoms with Crippen molar-refractivity contribution in [1.29, 1.82) is 0 Å². The fraction of sp³-hybridized carbons (Fsp3) is 0.538. The average Bonchev–Trinajstić information content (AvgIpc) is 2.26. The highest BCUT2D eigenvalue weighted by Crippen LogP contribution is 2.20. The van der Waals surface area contributed by atoms with Gasteiger partial charge in [-0.25, -0.2) is 0 Å². The first-order chi connectivity index (χ1) is 7.67. The van der Waals surface area contributed by atoms with Crippen LogP contribution in [-0.2, 0) is 4.74 Å². The topological polar surface area (TPSA) is 30.5 Å². The minimum Gasteiger partial charge on any atom is -0.491 e. The van der Waals surface area contributed by atoms with Gasteiger partial charge < -0.3 is 14.8 Å². The molecule has 0 spiro atoms. The van der Waals surface area contributed by atoms with E-state index in [4.69, 9.17) is 9.47 Å². The van der Waals surface area contributed by atoms with Gasteiger partial charge in [-0.3, -0.25) is 0 Å². The van der Waals surface area contributed by atoms with Crippen LogP contribution in [0.4, 0.5) is 0 Å². The van der Waals surface area contributed by atoms with Crippen molar-refractivity contribution in [3.05, 3.63) is 29.8 Å². The Balaban J connectivity index is 2.69. The smallest absolute Gasteiger partial charge is 0.119 e. The summed E-state index contributed by atoms with van der Waals surface area (Å²) in [7, 11) is 3.64. The Morgan fingerprint density at radius 2 is 1.81 bits per heavy atom. The lowest BCUT2D eigenvalue weighted by Gasteiger charge is -2.16. The predicted molar refractivity (Wildman–Crippen MR) is 65.9 cm³/mol. The molecule has 1 rings (SSSR count). The van der Waals surface area contributed by atoms with E-state index in [0.29, 0.717) is 0 Å². The molecule has 1 N–H and O–H groups in total. The Kier molecular flexibility index (Phi) is 5.29. The largest absolute Gasteiger partial charge is 0.491 e. The maximum atomic E-state index is 5.59. The molecule has 0 bridgehead atoms. The van der Waals surface area contributed by atoms with E-state index >= 15 is 0 Å². The molecule has 1 aromatic rings. The Labute approximate surface area is 97.8 Å². The van der Waals surface area contributed by atoms with Crippen LogP contribution in [0.25, 0.3) is 0 Å². The molecular formula is C13H21NO2. The number of ether oxygens (including phenoxy) is 2. The van der Waals surface area contributed by atoms with Gasteiger partial charge in [-0.05, 0) is 38.6 Å². The van der Waals surface area contributed by atoms with Gasteiger partial charge in [0.05, 0.1) is 12.2 Å². The molecule has 1 aromatic carbocycles. The van der Waals surface area contributed by atoms with Crippen molar-refractivity contribution in [3.8, 4) is 5.75 Å².